The van der Waals surface area contributed by atoms with Crippen LogP contribution in [-0.4, -0.2) is 34.8 Å². The number of nitro groups is 1. The number of benzene rings is 2. The van der Waals surface area contributed by atoms with Crippen LogP contribution in [0.25, 0.3) is 0 Å². The maximum Gasteiger partial charge on any atom is 0.307 e. The van der Waals surface area contributed by atoms with E-state index in [0.717, 1.165) is 17.8 Å². The second kappa shape index (κ2) is 8.30. The van der Waals surface area contributed by atoms with Crippen molar-refractivity contribution in [3.8, 4) is 5.75 Å². The minimum Gasteiger partial charge on any atom is -0.494 e. The predicted molar refractivity (Wildman–Crippen MR) is 107 cm³/mol. The minimum atomic E-state index is -1.02. The van der Waals surface area contributed by atoms with Gasteiger partial charge in [0.05, 0.1) is 29.1 Å². The summed E-state index contributed by atoms with van der Waals surface area (Å²) in [6.07, 6.45) is 1.45. The molecule has 1 aromatic heterocycles. The molecule has 2 aromatic carbocycles. The summed E-state index contributed by atoms with van der Waals surface area (Å²) in [5.74, 6) is -0.886. The van der Waals surface area contributed by atoms with E-state index in [2.05, 4.69) is 20.6 Å². The molecule has 29 heavy (non-hydrogen) atoms. The third-order valence-electron chi connectivity index (χ3n) is 4.09. The molecule has 148 valence electrons. The molecule has 0 aliphatic carbocycles. The van der Waals surface area contributed by atoms with Crippen LogP contribution in [-0.2, 0) is 0 Å². The Bertz CT molecular complexity index is 1090. The second-order valence-corrected chi connectivity index (χ2v) is 5.82. The zero-order valence-corrected chi connectivity index (χ0v) is 15.6. The summed E-state index contributed by atoms with van der Waals surface area (Å²) >= 11 is 0. The third-order valence-corrected chi connectivity index (χ3v) is 4.09. The van der Waals surface area contributed by atoms with Gasteiger partial charge in [0, 0.05) is 36.6 Å². The first-order chi connectivity index (χ1) is 13.9. The van der Waals surface area contributed by atoms with Crippen molar-refractivity contribution in [2.45, 2.75) is 0 Å². The van der Waals surface area contributed by atoms with E-state index in [1.165, 1.54) is 13.3 Å². The Morgan fingerprint density at radius 1 is 1.24 bits per heavy atom. The number of hydrogen-bond acceptors (Lipinski definition) is 8. The van der Waals surface area contributed by atoms with Gasteiger partial charge in [-0.2, -0.15) is 4.39 Å². The SMILES string of the molecule is CNc1ccccc1C(=N)c1ccnc(Nc2cc([N+](=O)[O-])c(F)cc2OC)n1. The molecule has 0 aliphatic rings. The summed E-state index contributed by atoms with van der Waals surface area (Å²) in [5.41, 5.74) is 1.33. The number of nitrogens with one attached hydrogen (secondary N) is 3. The fraction of sp³-hybridized carbons (Fsp3) is 0.105. The molecule has 0 saturated carbocycles. The van der Waals surface area contributed by atoms with Crippen molar-refractivity contribution in [3.05, 3.63) is 75.9 Å². The average molecular weight is 396 g/mol. The van der Waals surface area contributed by atoms with Crippen molar-refractivity contribution < 1.29 is 14.1 Å². The highest BCUT2D eigenvalue weighted by atomic mass is 19.1. The Balaban J connectivity index is 1.96. The van der Waals surface area contributed by atoms with Gasteiger partial charge in [0.2, 0.25) is 11.8 Å². The quantitative estimate of drug-likeness (QED) is 0.315. The largest absolute Gasteiger partial charge is 0.494 e. The fourth-order valence-electron chi connectivity index (χ4n) is 2.69. The first-order valence-electron chi connectivity index (χ1n) is 8.42. The monoisotopic (exact) mass is 396 g/mol. The molecule has 0 unspecified atom stereocenters. The normalized spacial score (nSPS) is 10.3. The minimum absolute atomic E-state index is 0.0534. The summed E-state index contributed by atoms with van der Waals surface area (Å²) in [6, 6.07) is 10.8. The van der Waals surface area contributed by atoms with Crippen LogP contribution in [0.15, 0.2) is 48.7 Å². The number of ether oxygens (including phenoxy) is 1. The molecular formula is C19H17FN6O3. The highest BCUT2D eigenvalue weighted by molar-refractivity contribution is 6.13. The molecule has 3 N–H and O–H groups in total. The smallest absolute Gasteiger partial charge is 0.307 e. The lowest BCUT2D eigenvalue weighted by atomic mass is 10.1. The highest BCUT2D eigenvalue weighted by Crippen LogP contribution is 2.33. The van der Waals surface area contributed by atoms with Crippen molar-refractivity contribution in [2.24, 2.45) is 0 Å². The van der Waals surface area contributed by atoms with E-state index in [1.807, 2.05) is 18.2 Å². The van der Waals surface area contributed by atoms with Crippen molar-refractivity contribution in [1.82, 2.24) is 9.97 Å². The molecule has 0 aliphatic heterocycles. The molecule has 3 aromatic rings. The van der Waals surface area contributed by atoms with Crippen LogP contribution in [0.1, 0.15) is 11.3 Å². The Morgan fingerprint density at radius 3 is 2.69 bits per heavy atom. The predicted octanol–water partition coefficient (Wildman–Crippen LogP) is 3.73. The fourth-order valence-corrected chi connectivity index (χ4v) is 2.69. The molecule has 0 radical (unpaired) electrons. The number of halogens is 1. The number of aromatic nitrogens is 2. The molecule has 0 spiro atoms. The van der Waals surface area contributed by atoms with Crippen LogP contribution >= 0.6 is 0 Å². The van der Waals surface area contributed by atoms with Gasteiger partial charge in [-0.1, -0.05) is 18.2 Å². The lowest BCUT2D eigenvalue weighted by Gasteiger charge is -2.12. The summed E-state index contributed by atoms with van der Waals surface area (Å²) in [5, 5.41) is 25.3. The molecule has 0 atom stereocenters. The first-order valence-corrected chi connectivity index (χ1v) is 8.42. The number of rotatable bonds is 7. The molecule has 10 heteroatoms. The van der Waals surface area contributed by atoms with E-state index < -0.39 is 16.4 Å². The van der Waals surface area contributed by atoms with Crippen molar-refractivity contribution in [1.29, 1.82) is 5.41 Å². The molecule has 0 amide bonds. The van der Waals surface area contributed by atoms with E-state index in [1.54, 1.807) is 19.2 Å². The second-order valence-electron chi connectivity index (χ2n) is 5.82. The first kappa shape index (κ1) is 19.7. The van der Waals surface area contributed by atoms with Gasteiger partial charge in [0.15, 0.2) is 0 Å². The maximum absolute atomic E-state index is 13.8. The summed E-state index contributed by atoms with van der Waals surface area (Å²) in [7, 11) is 3.07. The van der Waals surface area contributed by atoms with E-state index in [9.17, 15) is 14.5 Å². The Morgan fingerprint density at radius 2 is 2.00 bits per heavy atom. The van der Waals surface area contributed by atoms with Crippen molar-refractivity contribution in [2.75, 3.05) is 24.8 Å². The van der Waals surface area contributed by atoms with Gasteiger partial charge in [-0.25, -0.2) is 9.97 Å². The van der Waals surface area contributed by atoms with Gasteiger partial charge < -0.3 is 15.4 Å². The van der Waals surface area contributed by atoms with Crippen LogP contribution in [0.3, 0.4) is 0 Å². The molecule has 3 rings (SSSR count). The summed E-state index contributed by atoms with van der Waals surface area (Å²) in [6.45, 7) is 0. The van der Waals surface area contributed by atoms with Gasteiger partial charge in [0.1, 0.15) is 5.75 Å². The van der Waals surface area contributed by atoms with Crippen molar-refractivity contribution in [3.63, 3.8) is 0 Å². The van der Waals surface area contributed by atoms with Crippen LogP contribution < -0.4 is 15.4 Å². The van der Waals surface area contributed by atoms with Gasteiger partial charge >= 0.3 is 5.69 Å². The molecular weight excluding hydrogens is 379 g/mol. The van der Waals surface area contributed by atoms with E-state index in [-0.39, 0.29) is 23.1 Å². The van der Waals surface area contributed by atoms with Crippen LogP contribution in [0.2, 0.25) is 0 Å². The van der Waals surface area contributed by atoms with Crippen LogP contribution in [0.4, 0.5) is 27.4 Å². The number of nitro benzene ring substituents is 1. The highest BCUT2D eigenvalue weighted by Gasteiger charge is 2.20. The Labute approximate surface area is 165 Å². The topological polar surface area (TPSA) is 126 Å². The van der Waals surface area contributed by atoms with Crippen molar-refractivity contribution >= 4 is 28.7 Å². The zero-order chi connectivity index (χ0) is 21.0. The van der Waals surface area contributed by atoms with E-state index >= 15 is 0 Å². The maximum atomic E-state index is 13.8. The number of para-hydroxylation sites is 1. The van der Waals surface area contributed by atoms with Gasteiger partial charge in [-0.3, -0.25) is 15.5 Å². The standard InChI is InChI=1S/C19H17FN6O3/c1-22-13-6-4-3-5-11(13)18(21)14-7-8-23-19(24-14)25-15-10-16(26(27)28)12(20)9-17(15)29-2/h3-10,21-22H,1-2H3,(H,23,24,25). The molecule has 9 nitrogen and oxygen atoms in total. The van der Waals surface area contributed by atoms with E-state index in [0.29, 0.717) is 11.3 Å². The Hall–Kier alpha value is -4.08. The molecule has 1 heterocycles. The average Bonchev–Trinajstić information content (AvgIpc) is 2.74. The van der Waals surface area contributed by atoms with Crippen LogP contribution in [0.5, 0.6) is 5.75 Å². The molecule has 0 bridgehead atoms. The van der Waals surface area contributed by atoms with Gasteiger partial charge in [0.25, 0.3) is 0 Å². The zero-order valence-electron chi connectivity index (χ0n) is 15.6. The molecule has 0 saturated heterocycles. The summed E-state index contributed by atoms with van der Waals surface area (Å²) < 4.78 is 18.9. The van der Waals surface area contributed by atoms with Crippen LogP contribution in [0, 0.1) is 21.3 Å². The number of anilines is 3. The van der Waals surface area contributed by atoms with Gasteiger partial charge in [-0.15, -0.1) is 0 Å². The molecule has 0 fully saturated rings. The number of methoxy groups -OCH3 is 1. The Kier molecular flexibility index (Phi) is 5.63. The number of hydrogen-bond donors (Lipinski definition) is 3. The number of nitrogens with zero attached hydrogens (tertiary/aromatic N) is 3. The summed E-state index contributed by atoms with van der Waals surface area (Å²) in [4.78, 5) is 18.6. The lowest BCUT2D eigenvalue weighted by molar-refractivity contribution is -0.387. The van der Waals surface area contributed by atoms with E-state index in [4.69, 9.17) is 10.1 Å². The van der Waals surface area contributed by atoms with Gasteiger partial charge in [-0.05, 0) is 12.1 Å². The third kappa shape index (κ3) is 4.10. The lowest BCUT2D eigenvalue weighted by Crippen LogP contribution is -2.09.